The molecule has 114 valence electrons. The summed E-state index contributed by atoms with van der Waals surface area (Å²) in [6.45, 7) is 2.44. The van der Waals surface area contributed by atoms with Crippen LogP contribution < -0.4 is 5.32 Å². The lowest BCUT2D eigenvalue weighted by atomic mass is 9.82. The van der Waals surface area contributed by atoms with Crippen molar-refractivity contribution in [1.82, 2.24) is 4.90 Å². The molecule has 0 aromatic heterocycles. The molecule has 0 bridgehead atoms. The number of piperidine rings is 1. The van der Waals surface area contributed by atoms with E-state index in [1.807, 2.05) is 0 Å². The zero-order valence-corrected chi connectivity index (χ0v) is 13.9. The Bertz CT molecular complexity index is 581. The molecule has 1 saturated heterocycles. The maximum absolute atomic E-state index is 12.2. The van der Waals surface area contributed by atoms with Gasteiger partial charge < -0.3 is 15.3 Å². The largest absolute Gasteiger partial charge is 0.481 e. The number of carboxylic acids is 1. The molecule has 0 spiro atoms. The first-order chi connectivity index (χ1) is 9.82. The van der Waals surface area contributed by atoms with Crippen LogP contribution in [0.15, 0.2) is 22.7 Å². The fourth-order valence-corrected chi connectivity index (χ4v) is 2.86. The Morgan fingerprint density at radius 3 is 2.81 bits per heavy atom. The van der Waals surface area contributed by atoms with Crippen LogP contribution in [-0.4, -0.2) is 35.1 Å². The average molecular weight is 376 g/mol. The Labute approximate surface area is 136 Å². The minimum atomic E-state index is -0.879. The molecule has 0 radical (unpaired) electrons. The third-order valence-corrected chi connectivity index (χ3v) is 4.88. The molecule has 7 heteroatoms. The fourth-order valence-electron chi connectivity index (χ4n) is 2.36. The number of hydrogen-bond acceptors (Lipinski definition) is 2. The number of urea groups is 1. The zero-order valence-electron chi connectivity index (χ0n) is 11.5. The maximum atomic E-state index is 12.2. The summed E-state index contributed by atoms with van der Waals surface area (Å²) in [4.78, 5) is 25.1. The number of nitrogens with zero attached hydrogens (tertiary/aromatic N) is 1. The molecule has 0 saturated carbocycles. The SMILES string of the molecule is CC1(C(=O)O)CCCN(C(=O)Nc2ccc(Cl)c(Br)c2)C1. The highest BCUT2D eigenvalue weighted by Gasteiger charge is 2.39. The molecular formula is C14H16BrClN2O3. The second kappa shape index (κ2) is 6.23. The topological polar surface area (TPSA) is 69.6 Å². The number of carbonyl (C=O) groups is 2. The second-order valence-electron chi connectivity index (χ2n) is 5.45. The van der Waals surface area contributed by atoms with Gasteiger partial charge in [-0.05, 0) is 53.9 Å². The number of rotatable bonds is 2. The summed E-state index contributed by atoms with van der Waals surface area (Å²) in [5.41, 5.74) is -0.269. The van der Waals surface area contributed by atoms with Crippen molar-refractivity contribution in [3.05, 3.63) is 27.7 Å². The summed E-state index contributed by atoms with van der Waals surface area (Å²) in [6.07, 6.45) is 1.26. The smallest absolute Gasteiger partial charge is 0.321 e. The number of nitrogens with one attached hydrogen (secondary N) is 1. The first-order valence-electron chi connectivity index (χ1n) is 6.56. The van der Waals surface area contributed by atoms with Gasteiger partial charge in [0, 0.05) is 23.2 Å². The van der Waals surface area contributed by atoms with E-state index >= 15 is 0 Å². The number of carbonyl (C=O) groups excluding carboxylic acids is 1. The summed E-state index contributed by atoms with van der Waals surface area (Å²) in [6, 6.07) is 4.79. The van der Waals surface area contributed by atoms with Crippen LogP contribution in [0.4, 0.5) is 10.5 Å². The first-order valence-corrected chi connectivity index (χ1v) is 7.73. The fraction of sp³-hybridized carbons (Fsp3) is 0.429. The number of amides is 2. The van der Waals surface area contributed by atoms with Crippen LogP contribution in [0.3, 0.4) is 0 Å². The maximum Gasteiger partial charge on any atom is 0.321 e. The van der Waals surface area contributed by atoms with Crippen molar-refractivity contribution in [1.29, 1.82) is 0 Å². The van der Waals surface area contributed by atoms with Crippen molar-refractivity contribution in [2.75, 3.05) is 18.4 Å². The molecule has 21 heavy (non-hydrogen) atoms. The van der Waals surface area contributed by atoms with Gasteiger partial charge in [-0.3, -0.25) is 4.79 Å². The normalized spacial score (nSPS) is 22.0. The minimum absolute atomic E-state index is 0.211. The molecule has 1 aromatic carbocycles. The standard InChI is InChI=1S/C14H16BrClN2O3/c1-14(12(19)20)5-2-6-18(8-14)13(21)17-9-3-4-11(16)10(15)7-9/h3-4,7H,2,5-6,8H2,1H3,(H,17,21)(H,19,20). The predicted octanol–water partition coefficient (Wildman–Crippen LogP) is 3.82. The van der Waals surface area contributed by atoms with E-state index in [-0.39, 0.29) is 12.6 Å². The van der Waals surface area contributed by atoms with Gasteiger partial charge in [-0.15, -0.1) is 0 Å². The Morgan fingerprint density at radius 2 is 2.19 bits per heavy atom. The van der Waals surface area contributed by atoms with Crippen LogP contribution in [0.5, 0.6) is 0 Å². The van der Waals surface area contributed by atoms with Crippen molar-refractivity contribution in [2.45, 2.75) is 19.8 Å². The monoisotopic (exact) mass is 374 g/mol. The van der Waals surface area contributed by atoms with Crippen LogP contribution >= 0.6 is 27.5 Å². The van der Waals surface area contributed by atoms with E-state index in [2.05, 4.69) is 21.2 Å². The Morgan fingerprint density at radius 1 is 1.48 bits per heavy atom. The lowest BCUT2D eigenvalue weighted by molar-refractivity contribution is -0.150. The van der Waals surface area contributed by atoms with Gasteiger partial charge in [0.2, 0.25) is 0 Å². The molecule has 2 N–H and O–H groups in total. The van der Waals surface area contributed by atoms with E-state index in [9.17, 15) is 14.7 Å². The summed E-state index contributed by atoms with van der Waals surface area (Å²) in [5, 5.41) is 12.6. The van der Waals surface area contributed by atoms with E-state index in [4.69, 9.17) is 11.6 Å². The second-order valence-corrected chi connectivity index (χ2v) is 6.71. The van der Waals surface area contributed by atoms with Gasteiger partial charge in [0.15, 0.2) is 0 Å². The van der Waals surface area contributed by atoms with Crippen LogP contribution in [0.2, 0.25) is 5.02 Å². The lowest BCUT2D eigenvalue weighted by Crippen LogP contribution is -2.49. The van der Waals surface area contributed by atoms with Gasteiger partial charge in [-0.1, -0.05) is 11.6 Å². The number of likely N-dealkylation sites (tertiary alicyclic amines) is 1. The van der Waals surface area contributed by atoms with E-state index in [0.29, 0.717) is 34.6 Å². The van der Waals surface area contributed by atoms with Gasteiger partial charge in [-0.25, -0.2) is 4.79 Å². The van der Waals surface area contributed by atoms with E-state index in [1.54, 1.807) is 30.0 Å². The third-order valence-electron chi connectivity index (χ3n) is 3.67. The molecule has 1 atom stereocenters. The van der Waals surface area contributed by atoms with Gasteiger partial charge >= 0.3 is 12.0 Å². The number of halogens is 2. The summed E-state index contributed by atoms with van der Waals surface area (Å²) in [7, 11) is 0. The van der Waals surface area contributed by atoms with Crippen molar-refractivity contribution in [3.8, 4) is 0 Å². The molecule has 1 heterocycles. The van der Waals surface area contributed by atoms with Crippen molar-refractivity contribution in [2.24, 2.45) is 5.41 Å². The average Bonchev–Trinajstić information content (AvgIpc) is 2.43. The van der Waals surface area contributed by atoms with Gasteiger partial charge in [0.1, 0.15) is 0 Å². The Kier molecular flexibility index (Phi) is 4.78. The number of hydrogen-bond donors (Lipinski definition) is 2. The zero-order chi connectivity index (χ0) is 15.6. The molecular weight excluding hydrogens is 360 g/mol. The number of carboxylic acid groups (broad SMARTS) is 1. The van der Waals surface area contributed by atoms with Gasteiger partial charge in [0.25, 0.3) is 0 Å². The highest BCUT2D eigenvalue weighted by atomic mass is 79.9. The highest BCUT2D eigenvalue weighted by molar-refractivity contribution is 9.10. The number of aliphatic carboxylic acids is 1. The van der Waals surface area contributed by atoms with E-state index < -0.39 is 11.4 Å². The summed E-state index contributed by atoms with van der Waals surface area (Å²) < 4.78 is 0.691. The quantitative estimate of drug-likeness (QED) is 0.825. The first kappa shape index (κ1) is 16.1. The Balaban J connectivity index is 2.06. The summed E-state index contributed by atoms with van der Waals surface area (Å²) >= 11 is 9.20. The molecule has 1 aliphatic heterocycles. The van der Waals surface area contributed by atoms with Crippen LogP contribution in [-0.2, 0) is 4.79 Å². The third kappa shape index (κ3) is 3.68. The molecule has 5 nitrogen and oxygen atoms in total. The van der Waals surface area contributed by atoms with Gasteiger partial charge in [0.05, 0.1) is 10.4 Å². The van der Waals surface area contributed by atoms with Crippen LogP contribution in [0.1, 0.15) is 19.8 Å². The van der Waals surface area contributed by atoms with Gasteiger partial charge in [-0.2, -0.15) is 0 Å². The minimum Gasteiger partial charge on any atom is -0.481 e. The Hall–Kier alpha value is -1.27. The molecule has 1 unspecified atom stereocenters. The summed E-state index contributed by atoms with van der Waals surface area (Å²) in [5.74, 6) is -0.866. The lowest BCUT2D eigenvalue weighted by Gasteiger charge is -2.37. The highest BCUT2D eigenvalue weighted by Crippen LogP contribution is 2.30. The van der Waals surface area contributed by atoms with Crippen molar-refractivity contribution >= 4 is 45.2 Å². The molecule has 1 aliphatic rings. The predicted molar refractivity (Wildman–Crippen MR) is 84.7 cm³/mol. The van der Waals surface area contributed by atoms with Crippen LogP contribution in [0.25, 0.3) is 0 Å². The molecule has 0 aliphatic carbocycles. The molecule has 1 fully saturated rings. The van der Waals surface area contributed by atoms with E-state index in [1.165, 1.54) is 0 Å². The van der Waals surface area contributed by atoms with Crippen molar-refractivity contribution in [3.63, 3.8) is 0 Å². The number of anilines is 1. The van der Waals surface area contributed by atoms with E-state index in [0.717, 1.165) is 0 Å². The van der Waals surface area contributed by atoms with Crippen LogP contribution in [0, 0.1) is 5.41 Å². The molecule has 2 amide bonds. The molecule has 1 aromatic rings. The molecule has 2 rings (SSSR count). The number of benzene rings is 1. The van der Waals surface area contributed by atoms with Crippen molar-refractivity contribution < 1.29 is 14.7 Å².